The summed E-state index contributed by atoms with van der Waals surface area (Å²) in [4.78, 5) is 0. The van der Waals surface area contributed by atoms with Crippen LogP contribution in [0.4, 0.5) is 10.2 Å². The molecule has 0 radical (unpaired) electrons. The molecule has 1 aromatic heterocycles. The van der Waals surface area contributed by atoms with E-state index >= 15 is 0 Å². The predicted octanol–water partition coefficient (Wildman–Crippen LogP) is 3.39. The van der Waals surface area contributed by atoms with Gasteiger partial charge in [0.25, 0.3) is 0 Å². The van der Waals surface area contributed by atoms with E-state index in [4.69, 9.17) is 10.3 Å². The van der Waals surface area contributed by atoms with Crippen LogP contribution in [0.1, 0.15) is 12.5 Å². The molecule has 0 aliphatic rings. The molecule has 0 atom stereocenters. The number of hydrogen-bond donors (Lipinski definition) is 1. The molecule has 0 unspecified atom stereocenters. The van der Waals surface area contributed by atoms with Gasteiger partial charge in [0.1, 0.15) is 5.82 Å². The Morgan fingerprint density at radius 1 is 1.50 bits per heavy atom. The highest BCUT2D eigenvalue weighted by Crippen LogP contribution is 2.30. The Morgan fingerprint density at radius 2 is 2.25 bits per heavy atom. The maximum absolute atomic E-state index is 13.1. The second-order valence-electron chi connectivity index (χ2n) is 3.36. The van der Waals surface area contributed by atoms with E-state index < -0.39 is 0 Å². The normalized spacial score (nSPS) is 10.7. The number of halogens is 2. The third kappa shape index (κ3) is 1.82. The van der Waals surface area contributed by atoms with E-state index in [1.54, 1.807) is 12.1 Å². The number of nitrogen functional groups attached to an aromatic ring is 1. The molecule has 0 amide bonds. The van der Waals surface area contributed by atoms with Crippen molar-refractivity contribution >= 4 is 21.7 Å². The lowest BCUT2D eigenvalue weighted by atomic mass is 10.1. The number of rotatable bonds is 2. The monoisotopic (exact) mass is 284 g/mol. The van der Waals surface area contributed by atoms with Gasteiger partial charge in [-0.15, -0.1) is 0 Å². The molecule has 1 heterocycles. The summed E-state index contributed by atoms with van der Waals surface area (Å²) in [5.74, 6) is 0.674. The number of benzene rings is 1. The van der Waals surface area contributed by atoms with Crippen molar-refractivity contribution in [2.45, 2.75) is 13.3 Å². The minimum atomic E-state index is -0.311. The Hall–Kier alpha value is -1.36. The zero-order chi connectivity index (χ0) is 11.7. The van der Waals surface area contributed by atoms with E-state index in [-0.39, 0.29) is 5.82 Å². The first-order valence-electron chi connectivity index (χ1n) is 4.83. The van der Waals surface area contributed by atoms with Gasteiger partial charge < -0.3 is 10.3 Å². The SMILES string of the molecule is CCc1c(N)noc1-c1ccc(F)c(Br)c1. The average Bonchev–Trinajstić information content (AvgIpc) is 2.63. The quantitative estimate of drug-likeness (QED) is 0.920. The fraction of sp³-hybridized carbons (Fsp3) is 0.182. The molecule has 2 aromatic rings. The first-order chi connectivity index (χ1) is 7.63. The number of anilines is 1. The van der Waals surface area contributed by atoms with E-state index in [0.717, 1.165) is 17.5 Å². The maximum atomic E-state index is 13.1. The summed E-state index contributed by atoms with van der Waals surface area (Å²) in [6.45, 7) is 1.96. The Balaban J connectivity index is 2.54. The molecule has 0 aliphatic carbocycles. The fourth-order valence-corrected chi connectivity index (χ4v) is 1.91. The second kappa shape index (κ2) is 4.25. The molecule has 0 fully saturated rings. The largest absolute Gasteiger partial charge is 0.381 e. The topological polar surface area (TPSA) is 52.0 Å². The summed E-state index contributed by atoms with van der Waals surface area (Å²) in [5, 5.41) is 3.71. The molecule has 5 heteroatoms. The summed E-state index contributed by atoms with van der Waals surface area (Å²) in [5.41, 5.74) is 7.27. The Bertz CT molecular complexity index is 525. The number of aromatic nitrogens is 1. The van der Waals surface area contributed by atoms with E-state index in [9.17, 15) is 4.39 Å². The van der Waals surface area contributed by atoms with Crippen molar-refractivity contribution in [1.82, 2.24) is 5.16 Å². The molecule has 84 valence electrons. The van der Waals surface area contributed by atoms with Crippen LogP contribution >= 0.6 is 15.9 Å². The number of nitrogens with zero attached hydrogens (tertiary/aromatic N) is 1. The van der Waals surface area contributed by atoms with Crippen LogP contribution in [0.5, 0.6) is 0 Å². The van der Waals surface area contributed by atoms with Gasteiger partial charge in [0.05, 0.1) is 4.47 Å². The van der Waals surface area contributed by atoms with E-state index in [0.29, 0.717) is 16.1 Å². The smallest absolute Gasteiger partial charge is 0.172 e. The third-order valence-electron chi connectivity index (χ3n) is 2.35. The van der Waals surface area contributed by atoms with Crippen LogP contribution in [0.2, 0.25) is 0 Å². The van der Waals surface area contributed by atoms with Crippen LogP contribution in [0.25, 0.3) is 11.3 Å². The average molecular weight is 285 g/mol. The van der Waals surface area contributed by atoms with Crippen molar-refractivity contribution in [2.24, 2.45) is 0 Å². The van der Waals surface area contributed by atoms with Gasteiger partial charge in [-0.2, -0.15) is 0 Å². The molecule has 0 bridgehead atoms. The highest BCUT2D eigenvalue weighted by atomic mass is 79.9. The van der Waals surface area contributed by atoms with Gasteiger partial charge in [-0.1, -0.05) is 12.1 Å². The van der Waals surface area contributed by atoms with Gasteiger partial charge >= 0.3 is 0 Å². The Labute approximate surface area is 101 Å². The standard InChI is InChI=1S/C11H10BrFN2O/c1-2-7-10(16-15-11(7)14)6-3-4-9(13)8(12)5-6/h3-5H,2H2,1H3,(H2,14,15). The van der Waals surface area contributed by atoms with Crippen LogP contribution in [0.15, 0.2) is 27.2 Å². The highest BCUT2D eigenvalue weighted by Gasteiger charge is 2.14. The molecule has 2 N–H and O–H groups in total. The van der Waals surface area contributed by atoms with E-state index in [1.165, 1.54) is 6.07 Å². The van der Waals surface area contributed by atoms with Crippen LogP contribution in [-0.4, -0.2) is 5.16 Å². The Kier molecular flexibility index (Phi) is 2.96. The van der Waals surface area contributed by atoms with Crippen LogP contribution in [0.3, 0.4) is 0 Å². The second-order valence-corrected chi connectivity index (χ2v) is 4.21. The van der Waals surface area contributed by atoms with Crippen molar-refractivity contribution in [3.05, 3.63) is 34.1 Å². The molecule has 0 saturated heterocycles. The number of nitrogens with two attached hydrogens (primary N) is 1. The van der Waals surface area contributed by atoms with E-state index in [2.05, 4.69) is 21.1 Å². The minimum Gasteiger partial charge on any atom is -0.381 e. The summed E-state index contributed by atoms with van der Waals surface area (Å²) in [6, 6.07) is 4.66. The van der Waals surface area contributed by atoms with Gasteiger partial charge in [0.2, 0.25) is 0 Å². The lowest BCUT2D eigenvalue weighted by Gasteiger charge is -2.01. The molecule has 3 nitrogen and oxygen atoms in total. The first-order valence-corrected chi connectivity index (χ1v) is 5.62. The fourth-order valence-electron chi connectivity index (χ4n) is 1.53. The molecular weight excluding hydrogens is 275 g/mol. The molecule has 0 saturated carbocycles. The maximum Gasteiger partial charge on any atom is 0.172 e. The zero-order valence-corrected chi connectivity index (χ0v) is 10.2. The zero-order valence-electron chi connectivity index (χ0n) is 8.63. The van der Waals surface area contributed by atoms with Gasteiger partial charge in [0, 0.05) is 11.1 Å². The lowest BCUT2D eigenvalue weighted by Crippen LogP contribution is -1.91. The first kappa shape index (κ1) is 11.1. The van der Waals surface area contributed by atoms with Crippen LogP contribution in [-0.2, 0) is 6.42 Å². The molecule has 0 spiro atoms. The van der Waals surface area contributed by atoms with Gasteiger partial charge in [0.15, 0.2) is 11.6 Å². The molecule has 1 aromatic carbocycles. The predicted molar refractivity (Wildman–Crippen MR) is 63.4 cm³/mol. The summed E-state index contributed by atoms with van der Waals surface area (Å²) >= 11 is 3.13. The van der Waals surface area contributed by atoms with Gasteiger partial charge in [-0.25, -0.2) is 4.39 Å². The summed E-state index contributed by atoms with van der Waals surface area (Å²) in [6.07, 6.45) is 0.722. The van der Waals surface area contributed by atoms with Gasteiger partial charge in [-0.3, -0.25) is 0 Å². The van der Waals surface area contributed by atoms with Gasteiger partial charge in [-0.05, 0) is 40.5 Å². The molecule has 0 aliphatic heterocycles. The minimum absolute atomic E-state index is 0.311. The van der Waals surface area contributed by atoms with Crippen LogP contribution in [0, 0.1) is 5.82 Å². The molecule has 2 rings (SSSR count). The van der Waals surface area contributed by atoms with Crippen molar-refractivity contribution in [3.8, 4) is 11.3 Å². The van der Waals surface area contributed by atoms with Crippen molar-refractivity contribution < 1.29 is 8.91 Å². The molecular formula is C11H10BrFN2O. The van der Waals surface area contributed by atoms with E-state index in [1.807, 2.05) is 6.92 Å². The molecule has 16 heavy (non-hydrogen) atoms. The number of hydrogen-bond acceptors (Lipinski definition) is 3. The van der Waals surface area contributed by atoms with Crippen molar-refractivity contribution in [2.75, 3.05) is 5.73 Å². The van der Waals surface area contributed by atoms with Crippen LogP contribution < -0.4 is 5.73 Å². The third-order valence-corrected chi connectivity index (χ3v) is 2.96. The van der Waals surface area contributed by atoms with Crippen molar-refractivity contribution in [3.63, 3.8) is 0 Å². The highest BCUT2D eigenvalue weighted by molar-refractivity contribution is 9.10. The lowest BCUT2D eigenvalue weighted by molar-refractivity contribution is 0.435. The summed E-state index contributed by atoms with van der Waals surface area (Å²) in [7, 11) is 0. The summed E-state index contributed by atoms with van der Waals surface area (Å²) < 4.78 is 18.6. The van der Waals surface area contributed by atoms with Crippen molar-refractivity contribution in [1.29, 1.82) is 0 Å². The Morgan fingerprint density at radius 3 is 2.88 bits per heavy atom.